The van der Waals surface area contributed by atoms with Crippen LogP contribution in [0.25, 0.3) is 0 Å². The second-order valence-electron chi connectivity index (χ2n) is 4.14. The first-order valence-electron chi connectivity index (χ1n) is 6.99. The Labute approximate surface area is 130 Å². The summed E-state index contributed by atoms with van der Waals surface area (Å²) in [7, 11) is 0. The number of carbonyl (C=O) groups is 3. The highest BCUT2D eigenvalue weighted by Gasteiger charge is 2.10. The predicted molar refractivity (Wildman–Crippen MR) is 80.0 cm³/mol. The van der Waals surface area contributed by atoms with Crippen LogP contribution in [0.3, 0.4) is 0 Å². The minimum absolute atomic E-state index is 0.156. The average molecular weight is 313 g/mol. The number of nitrogens with zero attached hydrogens (tertiary/aromatic N) is 1. The first-order chi connectivity index (χ1) is 10.5. The molecule has 7 heteroatoms. The van der Waals surface area contributed by atoms with Crippen molar-refractivity contribution in [2.45, 2.75) is 13.3 Å². The third-order valence-electron chi connectivity index (χ3n) is 2.57. The van der Waals surface area contributed by atoms with Crippen LogP contribution in [0, 0.1) is 0 Å². The van der Waals surface area contributed by atoms with Crippen LogP contribution in [0.2, 0.25) is 0 Å². The van der Waals surface area contributed by atoms with Crippen LogP contribution in [-0.2, 0) is 28.6 Å². The maximum absolute atomic E-state index is 11.4. The van der Waals surface area contributed by atoms with Gasteiger partial charge >= 0.3 is 17.9 Å². The van der Waals surface area contributed by atoms with Crippen molar-refractivity contribution < 1.29 is 28.6 Å². The highest BCUT2D eigenvalue weighted by Crippen LogP contribution is 1.96. The molecule has 0 spiro atoms. The van der Waals surface area contributed by atoms with Crippen molar-refractivity contribution in [3.63, 3.8) is 0 Å². The lowest BCUT2D eigenvalue weighted by Crippen LogP contribution is -2.34. The molecule has 0 amide bonds. The molecule has 0 aromatic rings. The van der Waals surface area contributed by atoms with Gasteiger partial charge in [-0.1, -0.05) is 13.2 Å². The quantitative estimate of drug-likeness (QED) is 0.298. The van der Waals surface area contributed by atoms with Crippen LogP contribution in [0.15, 0.2) is 25.3 Å². The molecule has 0 fully saturated rings. The summed E-state index contributed by atoms with van der Waals surface area (Å²) in [6.07, 6.45) is 2.36. The number of rotatable bonds is 12. The van der Waals surface area contributed by atoms with E-state index in [0.717, 1.165) is 12.2 Å². The molecule has 0 aromatic heterocycles. The molecule has 0 bridgehead atoms. The van der Waals surface area contributed by atoms with E-state index in [4.69, 9.17) is 14.2 Å². The minimum atomic E-state index is -0.511. The highest BCUT2D eigenvalue weighted by atomic mass is 16.5. The Hall–Kier alpha value is -2.15. The molecule has 22 heavy (non-hydrogen) atoms. The maximum atomic E-state index is 11.4. The standard InChI is InChI=1S/C15H23NO6/c1-4-13(17)21-11-9-16(8-7-15(19)20-6-3)10-12-22-14(18)5-2/h4-5H,1-2,6-12H2,3H3. The van der Waals surface area contributed by atoms with Gasteiger partial charge in [0.2, 0.25) is 0 Å². The molecule has 124 valence electrons. The Morgan fingerprint density at radius 2 is 1.41 bits per heavy atom. The predicted octanol–water partition coefficient (Wildman–Crippen LogP) is 0.700. The second kappa shape index (κ2) is 12.6. The Bertz CT molecular complexity index is 367. The van der Waals surface area contributed by atoms with E-state index in [2.05, 4.69) is 13.2 Å². The zero-order valence-corrected chi connectivity index (χ0v) is 12.9. The van der Waals surface area contributed by atoms with Gasteiger partial charge in [-0.2, -0.15) is 0 Å². The van der Waals surface area contributed by atoms with Crippen LogP contribution in [-0.4, -0.2) is 62.3 Å². The van der Waals surface area contributed by atoms with E-state index in [-0.39, 0.29) is 25.6 Å². The van der Waals surface area contributed by atoms with E-state index in [9.17, 15) is 14.4 Å². The van der Waals surface area contributed by atoms with E-state index < -0.39 is 11.9 Å². The van der Waals surface area contributed by atoms with Gasteiger partial charge in [0.1, 0.15) is 13.2 Å². The number of carbonyl (C=O) groups excluding carboxylic acids is 3. The van der Waals surface area contributed by atoms with Gasteiger partial charge in [-0.05, 0) is 6.92 Å². The molecule has 0 heterocycles. The van der Waals surface area contributed by atoms with Crippen molar-refractivity contribution in [3.05, 3.63) is 25.3 Å². The van der Waals surface area contributed by atoms with Gasteiger partial charge in [-0.3, -0.25) is 9.69 Å². The van der Waals surface area contributed by atoms with Gasteiger partial charge in [0.25, 0.3) is 0 Å². The van der Waals surface area contributed by atoms with Gasteiger partial charge < -0.3 is 14.2 Å². The molecular weight excluding hydrogens is 290 g/mol. The fraction of sp³-hybridized carbons (Fsp3) is 0.533. The van der Waals surface area contributed by atoms with Crippen molar-refractivity contribution in [2.24, 2.45) is 0 Å². The fourth-order valence-corrected chi connectivity index (χ4v) is 1.49. The van der Waals surface area contributed by atoms with Crippen molar-refractivity contribution in [3.8, 4) is 0 Å². The van der Waals surface area contributed by atoms with E-state index >= 15 is 0 Å². The SMILES string of the molecule is C=CC(=O)OCCN(CCOC(=O)C=C)CCC(=O)OCC. The zero-order chi connectivity index (χ0) is 16.8. The molecule has 0 unspecified atom stereocenters. The van der Waals surface area contributed by atoms with Crippen LogP contribution in [0.4, 0.5) is 0 Å². The zero-order valence-electron chi connectivity index (χ0n) is 12.9. The highest BCUT2D eigenvalue weighted by molar-refractivity contribution is 5.81. The normalized spacial score (nSPS) is 9.91. The van der Waals surface area contributed by atoms with Crippen molar-refractivity contribution in [2.75, 3.05) is 39.5 Å². The van der Waals surface area contributed by atoms with Crippen LogP contribution >= 0.6 is 0 Å². The lowest BCUT2D eigenvalue weighted by atomic mass is 10.3. The van der Waals surface area contributed by atoms with Gasteiger partial charge in [-0.25, -0.2) is 9.59 Å². The number of ether oxygens (including phenoxy) is 3. The summed E-state index contributed by atoms with van der Waals surface area (Å²) in [6.45, 7) is 10.2. The summed E-state index contributed by atoms with van der Waals surface area (Å²) in [5, 5.41) is 0. The smallest absolute Gasteiger partial charge is 0.330 e. The summed E-state index contributed by atoms with van der Waals surface area (Å²) < 4.78 is 14.6. The molecule has 0 aromatic carbocycles. The molecular formula is C15H23NO6. The number of hydrogen-bond acceptors (Lipinski definition) is 7. The summed E-state index contributed by atoms with van der Waals surface area (Å²) in [6, 6.07) is 0. The summed E-state index contributed by atoms with van der Waals surface area (Å²) in [4.78, 5) is 35.1. The van der Waals surface area contributed by atoms with Crippen LogP contribution < -0.4 is 0 Å². The topological polar surface area (TPSA) is 82.1 Å². The first-order valence-corrected chi connectivity index (χ1v) is 6.99. The first kappa shape index (κ1) is 19.9. The Morgan fingerprint density at radius 3 is 1.82 bits per heavy atom. The molecule has 7 nitrogen and oxygen atoms in total. The minimum Gasteiger partial charge on any atom is -0.466 e. The molecule has 0 atom stereocenters. The van der Waals surface area contributed by atoms with Gasteiger partial charge in [-0.15, -0.1) is 0 Å². The van der Waals surface area contributed by atoms with Gasteiger partial charge in [0.15, 0.2) is 0 Å². The van der Waals surface area contributed by atoms with Crippen molar-refractivity contribution in [1.29, 1.82) is 0 Å². The van der Waals surface area contributed by atoms with Crippen molar-refractivity contribution >= 4 is 17.9 Å². The van der Waals surface area contributed by atoms with E-state index in [1.807, 2.05) is 4.90 Å². The summed E-state index contributed by atoms with van der Waals surface area (Å²) in [5.74, 6) is -1.33. The fourth-order valence-electron chi connectivity index (χ4n) is 1.49. The molecule has 0 saturated carbocycles. The third-order valence-corrected chi connectivity index (χ3v) is 2.57. The molecule has 0 saturated heterocycles. The Balaban J connectivity index is 4.19. The van der Waals surface area contributed by atoms with E-state index in [0.29, 0.717) is 26.2 Å². The summed E-state index contributed by atoms with van der Waals surface area (Å²) in [5.41, 5.74) is 0. The molecule has 0 rings (SSSR count). The maximum Gasteiger partial charge on any atom is 0.330 e. The van der Waals surface area contributed by atoms with Crippen molar-refractivity contribution in [1.82, 2.24) is 4.90 Å². The summed E-state index contributed by atoms with van der Waals surface area (Å²) >= 11 is 0. The van der Waals surface area contributed by atoms with E-state index in [1.54, 1.807) is 6.92 Å². The number of esters is 3. The number of hydrogen-bond donors (Lipinski definition) is 0. The lowest BCUT2D eigenvalue weighted by molar-refractivity contribution is -0.144. The van der Waals surface area contributed by atoms with Crippen LogP contribution in [0.5, 0.6) is 0 Å². The largest absolute Gasteiger partial charge is 0.466 e. The lowest BCUT2D eigenvalue weighted by Gasteiger charge is -2.21. The van der Waals surface area contributed by atoms with Gasteiger partial charge in [0.05, 0.1) is 13.0 Å². The second-order valence-corrected chi connectivity index (χ2v) is 4.14. The average Bonchev–Trinajstić information content (AvgIpc) is 2.51. The molecule has 0 N–H and O–H groups in total. The Kier molecular flexibility index (Phi) is 11.4. The molecule has 0 radical (unpaired) electrons. The monoisotopic (exact) mass is 313 g/mol. The van der Waals surface area contributed by atoms with Gasteiger partial charge in [0, 0.05) is 31.8 Å². The van der Waals surface area contributed by atoms with E-state index in [1.165, 1.54) is 0 Å². The molecule has 0 aliphatic carbocycles. The molecule has 0 aliphatic rings. The third kappa shape index (κ3) is 10.6. The molecule has 0 aliphatic heterocycles. The van der Waals surface area contributed by atoms with Crippen LogP contribution in [0.1, 0.15) is 13.3 Å². The Morgan fingerprint density at radius 1 is 0.909 bits per heavy atom.